The third kappa shape index (κ3) is 26.1. The normalized spacial score (nSPS) is 13.9. The third-order valence-corrected chi connectivity index (χ3v) is 12.0. The number of aliphatic hydroxyl groups excluding tert-OH is 4. The lowest BCUT2D eigenvalue weighted by atomic mass is 10.0. The van der Waals surface area contributed by atoms with Gasteiger partial charge in [-0.15, -0.1) is 0 Å². The molecule has 0 heterocycles. The minimum atomic E-state index is -2.01. The van der Waals surface area contributed by atoms with E-state index in [1.54, 1.807) is 36.4 Å². The maximum atomic E-state index is 13.2. The number of unbranched alkanes of at least 4 members (excludes halogenated alkanes) is 19. The van der Waals surface area contributed by atoms with Gasteiger partial charge in [-0.2, -0.15) is 0 Å². The van der Waals surface area contributed by atoms with E-state index in [1.165, 1.54) is 108 Å². The van der Waals surface area contributed by atoms with E-state index in [9.17, 15) is 34.7 Å². The quantitative estimate of drug-likeness (QED) is 0.0239. The predicted octanol–water partition coefficient (Wildman–Crippen LogP) is 11.0. The number of nitrogens with one attached hydrogen (secondary N) is 1. The Labute approximate surface area is 395 Å². The number of aryl methyl sites for hydroxylation is 1. The van der Waals surface area contributed by atoms with Crippen LogP contribution in [0.5, 0.6) is 17.2 Å². The molecule has 0 saturated heterocycles. The highest BCUT2D eigenvalue weighted by molar-refractivity contribution is 5.76. The van der Waals surface area contributed by atoms with Gasteiger partial charge in [0.15, 0.2) is 0 Å². The second-order valence-electron chi connectivity index (χ2n) is 18.0. The van der Waals surface area contributed by atoms with E-state index in [0.29, 0.717) is 18.6 Å². The van der Waals surface area contributed by atoms with Gasteiger partial charge in [-0.3, -0.25) is 4.79 Å². The first-order chi connectivity index (χ1) is 32.1. The summed E-state index contributed by atoms with van der Waals surface area (Å²) < 4.78 is 35.9. The number of ether oxygens (including phenoxy) is 4. The third-order valence-electron chi connectivity index (χ3n) is 12.0. The average molecular weight is 926 g/mol. The van der Waals surface area contributed by atoms with E-state index >= 15 is 0 Å². The smallest absolute Gasteiger partial charge is 0.251 e. The number of carbonyl (C=O) groups is 1. The maximum absolute atomic E-state index is 13.2. The molecule has 0 radical (unpaired) electrons. The van der Waals surface area contributed by atoms with Gasteiger partial charge in [0, 0.05) is 6.42 Å². The van der Waals surface area contributed by atoms with Gasteiger partial charge in [-0.25, -0.2) is 4.39 Å². The molecule has 1 amide bonds. The maximum Gasteiger partial charge on any atom is 0.251 e. The fourth-order valence-electron chi connectivity index (χ4n) is 7.88. The monoisotopic (exact) mass is 926 g/mol. The van der Waals surface area contributed by atoms with Gasteiger partial charge in [-0.05, 0) is 92.3 Å². The number of amides is 1. The highest BCUT2D eigenvalue weighted by Gasteiger charge is 2.27. The summed E-state index contributed by atoms with van der Waals surface area (Å²) in [5, 5.41) is 53.0. The zero-order valence-corrected chi connectivity index (χ0v) is 40.1. The Kier molecular flexibility index (Phi) is 30.5. The molecular weight excluding hydrogens is 842 g/mol. The highest BCUT2D eigenvalue weighted by atomic mass is 19.1. The number of hydrogen-bond donors (Lipinski definition) is 6. The van der Waals surface area contributed by atoms with E-state index in [-0.39, 0.29) is 30.7 Å². The molecule has 0 aliphatic rings. The highest BCUT2D eigenvalue weighted by Crippen LogP contribution is 2.23. The summed E-state index contributed by atoms with van der Waals surface area (Å²) in [6.07, 6.45) is 20.5. The Morgan fingerprint density at radius 3 is 1.64 bits per heavy atom. The Morgan fingerprint density at radius 2 is 1.11 bits per heavy atom. The molecule has 0 spiro atoms. The number of halogens is 1. The van der Waals surface area contributed by atoms with Crippen molar-refractivity contribution < 1.29 is 53.7 Å². The van der Waals surface area contributed by atoms with Crippen LogP contribution in [0.1, 0.15) is 173 Å². The van der Waals surface area contributed by atoms with Crippen LogP contribution in [0.2, 0.25) is 0 Å². The van der Waals surface area contributed by atoms with E-state index in [1.807, 2.05) is 12.1 Å². The second-order valence-corrected chi connectivity index (χ2v) is 18.0. The van der Waals surface area contributed by atoms with Crippen molar-refractivity contribution in [1.82, 2.24) is 5.32 Å². The molecule has 12 heteroatoms. The molecule has 6 N–H and O–H groups in total. The zero-order valence-electron chi connectivity index (χ0n) is 40.1. The molecule has 66 heavy (non-hydrogen) atoms. The van der Waals surface area contributed by atoms with Crippen molar-refractivity contribution in [3.05, 3.63) is 89.7 Å². The lowest BCUT2D eigenvalue weighted by molar-refractivity contribution is -0.250. The van der Waals surface area contributed by atoms with Gasteiger partial charge in [0.05, 0.1) is 38.1 Å². The van der Waals surface area contributed by atoms with E-state index in [2.05, 4.69) is 24.4 Å². The molecule has 3 rings (SSSR count). The first kappa shape index (κ1) is 56.7. The van der Waals surface area contributed by atoms with Gasteiger partial charge < -0.3 is 49.8 Å². The van der Waals surface area contributed by atoms with Crippen LogP contribution in [0, 0.1) is 5.82 Å². The predicted molar refractivity (Wildman–Crippen MR) is 259 cm³/mol. The molecule has 0 aromatic heterocycles. The number of aliphatic hydroxyl groups is 5. The largest absolute Gasteiger partial charge is 0.459 e. The van der Waals surface area contributed by atoms with Gasteiger partial charge in [-0.1, -0.05) is 153 Å². The van der Waals surface area contributed by atoms with Crippen molar-refractivity contribution >= 4 is 5.91 Å². The minimum absolute atomic E-state index is 0.0774. The van der Waals surface area contributed by atoms with Crippen molar-refractivity contribution in [2.24, 2.45) is 0 Å². The zero-order chi connectivity index (χ0) is 47.6. The Balaban J connectivity index is 1.35. The van der Waals surface area contributed by atoms with Crippen LogP contribution in [-0.4, -0.2) is 81.6 Å². The van der Waals surface area contributed by atoms with Crippen LogP contribution < -0.4 is 14.8 Å². The Bertz CT molecular complexity index is 1630. The molecule has 0 fully saturated rings. The minimum Gasteiger partial charge on any atom is -0.459 e. The van der Waals surface area contributed by atoms with Crippen LogP contribution in [-0.2, 0) is 27.3 Å². The van der Waals surface area contributed by atoms with Crippen molar-refractivity contribution in [2.75, 3.05) is 13.2 Å². The van der Waals surface area contributed by atoms with Crippen molar-refractivity contribution in [1.29, 1.82) is 0 Å². The fraction of sp³-hybridized carbons (Fsp3) is 0.648. The van der Waals surface area contributed by atoms with Gasteiger partial charge >= 0.3 is 0 Å². The first-order valence-corrected chi connectivity index (χ1v) is 25.2. The molecule has 372 valence electrons. The van der Waals surface area contributed by atoms with Crippen LogP contribution in [0.4, 0.5) is 4.39 Å². The van der Waals surface area contributed by atoms with Crippen molar-refractivity contribution in [3.63, 3.8) is 0 Å². The van der Waals surface area contributed by atoms with E-state index in [4.69, 9.17) is 18.9 Å². The van der Waals surface area contributed by atoms with Gasteiger partial charge in [0.25, 0.3) is 6.29 Å². The molecule has 4 unspecified atom stereocenters. The Hall–Kier alpha value is -3.62. The summed E-state index contributed by atoms with van der Waals surface area (Å²) in [4.78, 5) is 13.1. The number of rotatable bonds is 40. The summed E-state index contributed by atoms with van der Waals surface area (Å²) in [5.74, 6) is 1.26. The summed E-state index contributed by atoms with van der Waals surface area (Å²) in [7, 11) is 0. The fourth-order valence-corrected chi connectivity index (χ4v) is 7.88. The van der Waals surface area contributed by atoms with Crippen LogP contribution in [0.25, 0.3) is 0 Å². The molecule has 5 atom stereocenters. The first-order valence-electron chi connectivity index (χ1n) is 25.2. The Morgan fingerprint density at radius 1 is 0.621 bits per heavy atom. The lowest BCUT2D eigenvalue weighted by Gasteiger charge is -2.27. The SMILES string of the molecule is CCCCCCCCCCCCCCCC(O)[C@H](COCc1ccc(OC(OC(CO)C(C)O)C(O)O)cc1)NC(=O)CCCCCCCCCCc1ccc(Oc2ccc(F)cc2)cc1. The topological polar surface area (TPSA) is 167 Å². The number of carbonyl (C=O) groups excluding carboxylic acids is 1. The van der Waals surface area contributed by atoms with Crippen molar-refractivity contribution in [2.45, 2.75) is 211 Å². The van der Waals surface area contributed by atoms with Gasteiger partial charge in [0.1, 0.15) is 29.2 Å². The molecular formula is C54H84FNO10. The summed E-state index contributed by atoms with van der Waals surface area (Å²) in [6, 6.07) is 20.3. The molecule has 0 aliphatic heterocycles. The molecule has 0 aliphatic carbocycles. The van der Waals surface area contributed by atoms with E-state index in [0.717, 1.165) is 69.1 Å². The summed E-state index contributed by atoms with van der Waals surface area (Å²) in [6.45, 7) is 3.51. The molecule has 3 aromatic rings. The number of hydrogen-bond acceptors (Lipinski definition) is 10. The van der Waals surface area contributed by atoms with Crippen LogP contribution in [0.3, 0.4) is 0 Å². The standard InChI is InChI=1S/C54H84FNO10/c1-3-4-5-6-7-8-9-10-11-12-16-19-22-25-50(59)49(41-63-40-44-29-35-48(36-30-44)65-54(53(61)62)66-51(39-57)42(2)58)56-52(60)26-23-20-17-14-13-15-18-21-24-43-27-33-46(34-28-43)64-47-37-31-45(55)32-38-47/h27-38,42,49-51,53-54,57-59,61-62H,3-26,39-41H2,1-2H3,(H,56,60)/t42?,49-,50?,51?,54?/m0/s1. The number of benzene rings is 3. The van der Waals surface area contributed by atoms with Crippen LogP contribution in [0.15, 0.2) is 72.8 Å². The second kappa shape index (κ2) is 35.5. The van der Waals surface area contributed by atoms with E-state index < -0.39 is 43.5 Å². The molecule has 3 aromatic carbocycles. The summed E-state index contributed by atoms with van der Waals surface area (Å²) in [5.41, 5.74) is 2.08. The molecule has 0 saturated carbocycles. The summed E-state index contributed by atoms with van der Waals surface area (Å²) >= 11 is 0. The van der Waals surface area contributed by atoms with Crippen molar-refractivity contribution in [3.8, 4) is 17.2 Å². The van der Waals surface area contributed by atoms with Crippen LogP contribution >= 0.6 is 0 Å². The molecule has 0 bridgehead atoms. The van der Waals surface area contributed by atoms with Gasteiger partial charge in [0.2, 0.25) is 12.2 Å². The average Bonchev–Trinajstić information content (AvgIpc) is 3.31. The molecule has 11 nitrogen and oxygen atoms in total. The lowest BCUT2D eigenvalue weighted by Crippen LogP contribution is -2.46.